The van der Waals surface area contributed by atoms with Crippen molar-refractivity contribution >= 4 is 22.4 Å². The van der Waals surface area contributed by atoms with E-state index < -0.39 is 16.2 Å². The third-order valence-electron chi connectivity index (χ3n) is 3.28. The topological polar surface area (TPSA) is 68.3 Å². The van der Waals surface area contributed by atoms with Crippen LogP contribution < -0.4 is 5.43 Å². The van der Waals surface area contributed by atoms with Crippen LogP contribution in [0.15, 0.2) is 75.3 Å². The second kappa shape index (κ2) is 5.61. The lowest BCUT2D eigenvalue weighted by atomic mass is 9.97. The third-order valence-corrected chi connectivity index (χ3v) is 4.70. The average molecular weight is 310 g/mol. The molecule has 0 heterocycles. The summed E-state index contributed by atoms with van der Waals surface area (Å²) in [5.41, 5.74) is -0.216. The highest BCUT2D eigenvalue weighted by molar-refractivity contribution is 7.85. The Labute approximate surface area is 128 Å². The quantitative estimate of drug-likeness (QED) is 0.852. The van der Waals surface area contributed by atoms with Crippen molar-refractivity contribution in [3.63, 3.8) is 0 Å². The van der Waals surface area contributed by atoms with Crippen molar-refractivity contribution in [2.24, 2.45) is 0 Å². The van der Waals surface area contributed by atoms with E-state index in [9.17, 15) is 18.6 Å². The highest BCUT2D eigenvalue weighted by atomic mass is 32.2. The number of hydrogen-bond acceptors (Lipinski definition) is 4. The second-order valence-corrected chi connectivity index (χ2v) is 6.13. The Morgan fingerprint density at radius 2 is 1.36 bits per heavy atom. The molecular weight excluding hydrogens is 300 g/mol. The zero-order valence-corrected chi connectivity index (χ0v) is 12.1. The van der Waals surface area contributed by atoms with Crippen LogP contribution in [0.5, 0.6) is 0 Å². The minimum Gasteiger partial charge on any atom is -0.289 e. The van der Waals surface area contributed by atoms with Gasteiger partial charge >= 0.3 is 0 Å². The largest absolute Gasteiger partial charge is 0.289 e. The maximum atomic E-state index is 12.6. The molecule has 1 unspecified atom stereocenters. The van der Waals surface area contributed by atoms with E-state index in [1.54, 1.807) is 30.3 Å². The van der Waals surface area contributed by atoms with Gasteiger partial charge in [-0.2, -0.15) is 0 Å². The molecule has 2 aromatic rings. The molecule has 3 rings (SSSR count). The summed E-state index contributed by atoms with van der Waals surface area (Å²) in [5.74, 6) is -0.724. The van der Waals surface area contributed by atoms with Crippen molar-refractivity contribution in [3.8, 4) is 0 Å². The monoisotopic (exact) mass is 310 g/mol. The van der Waals surface area contributed by atoms with E-state index in [1.807, 2.05) is 0 Å². The first-order valence-electron chi connectivity index (χ1n) is 6.50. The Morgan fingerprint density at radius 3 is 2.05 bits per heavy atom. The molecule has 1 aliphatic carbocycles. The summed E-state index contributed by atoms with van der Waals surface area (Å²) >= 11 is 0. The smallest absolute Gasteiger partial charge is 0.195 e. The maximum absolute atomic E-state index is 12.6. The van der Waals surface area contributed by atoms with E-state index in [0.29, 0.717) is 4.90 Å². The standard InChI is InChI=1S/C17H10O4S/c18-14-8-9-15(19)13-10-17(16(20)7-6-12(13)14)22(21)11-4-2-1-3-5-11/h1-10H. The minimum atomic E-state index is -1.71. The van der Waals surface area contributed by atoms with E-state index in [1.165, 1.54) is 24.3 Å². The Morgan fingerprint density at radius 1 is 0.727 bits per heavy atom. The molecule has 0 N–H and O–H groups in total. The minimum absolute atomic E-state index is 0.0103. The summed E-state index contributed by atoms with van der Waals surface area (Å²) in [6.45, 7) is 0. The molecule has 2 aromatic carbocycles. The summed E-state index contributed by atoms with van der Waals surface area (Å²) in [6, 6.07) is 12.3. The first kappa shape index (κ1) is 14.3. The first-order chi connectivity index (χ1) is 10.6. The van der Waals surface area contributed by atoms with Crippen LogP contribution in [0, 0.1) is 0 Å². The molecule has 0 saturated carbocycles. The van der Waals surface area contributed by atoms with Crippen LogP contribution in [-0.4, -0.2) is 15.8 Å². The van der Waals surface area contributed by atoms with Gasteiger partial charge in [-0.3, -0.25) is 14.4 Å². The van der Waals surface area contributed by atoms with Crippen molar-refractivity contribution in [2.45, 2.75) is 9.79 Å². The van der Waals surface area contributed by atoms with Crippen LogP contribution in [0.1, 0.15) is 20.7 Å². The van der Waals surface area contributed by atoms with Gasteiger partial charge in [-0.15, -0.1) is 0 Å². The highest BCUT2D eigenvalue weighted by Crippen LogP contribution is 2.19. The van der Waals surface area contributed by atoms with E-state index in [2.05, 4.69) is 0 Å². The van der Waals surface area contributed by atoms with Gasteiger partial charge in [0, 0.05) is 16.0 Å². The number of rotatable bonds is 2. The molecule has 5 heteroatoms. The molecule has 0 fully saturated rings. The van der Waals surface area contributed by atoms with Gasteiger partial charge in [0.2, 0.25) is 0 Å². The van der Waals surface area contributed by atoms with Gasteiger partial charge in [-0.1, -0.05) is 18.2 Å². The van der Waals surface area contributed by atoms with E-state index in [-0.39, 0.29) is 27.6 Å². The lowest BCUT2D eigenvalue weighted by molar-refractivity contribution is 0.0994. The van der Waals surface area contributed by atoms with Gasteiger partial charge in [-0.25, -0.2) is 4.21 Å². The summed E-state index contributed by atoms with van der Waals surface area (Å²) in [5, 5.41) is 0. The predicted molar refractivity (Wildman–Crippen MR) is 81.6 cm³/mol. The molecule has 0 amide bonds. The summed E-state index contributed by atoms with van der Waals surface area (Å²) in [4.78, 5) is 36.4. The fourth-order valence-electron chi connectivity index (χ4n) is 2.18. The molecule has 0 bridgehead atoms. The van der Waals surface area contributed by atoms with Crippen LogP contribution >= 0.6 is 0 Å². The lowest BCUT2D eigenvalue weighted by Crippen LogP contribution is -2.11. The zero-order chi connectivity index (χ0) is 15.7. The van der Waals surface area contributed by atoms with Crippen LogP contribution in [-0.2, 0) is 10.8 Å². The lowest BCUT2D eigenvalue weighted by Gasteiger charge is -2.05. The molecule has 0 radical (unpaired) electrons. The predicted octanol–water partition coefficient (Wildman–Crippen LogP) is 2.15. The van der Waals surface area contributed by atoms with Crippen molar-refractivity contribution < 1.29 is 13.8 Å². The van der Waals surface area contributed by atoms with Crippen LogP contribution in [0.2, 0.25) is 0 Å². The number of carbonyl (C=O) groups is 2. The van der Waals surface area contributed by atoms with Gasteiger partial charge < -0.3 is 0 Å². The number of carbonyl (C=O) groups excluding carboxylic acids is 2. The van der Waals surface area contributed by atoms with Crippen LogP contribution in [0.4, 0.5) is 0 Å². The Bertz CT molecular complexity index is 898. The molecule has 1 atom stereocenters. The van der Waals surface area contributed by atoms with E-state index >= 15 is 0 Å². The average Bonchev–Trinajstić information content (AvgIpc) is 2.71. The van der Waals surface area contributed by atoms with Crippen molar-refractivity contribution in [1.29, 1.82) is 0 Å². The molecular formula is C17H10O4S. The highest BCUT2D eigenvalue weighted by Gasteiger charge is 2.21. The first-order valence-corrected chi connectivity index (χ1v) is 7.65. The van der Waals surface area contributed by atoms with Gasteiger partial charge in [0.15, 0.2) is 17.0 Å². The number of fused-ring (bicyclic) bond motifs is 1. The summed E-state index contributed by atoms with van der Waals surface area (Å²) in [7, 11) is -1.71. The molecule has 0 spiro atoms. The zero-order valence-electron chi connectivity index (χ0n) is 11.3. The van der Waals surface area contributed by atoms with Gasteiger partial charge in [0.05, 0.1) is 15.7 Å². The molecule has 0 aliphatic heterocycles. The maximum Gasteiger partial charge on any atom is 0.195 e. The summed E-state index contributed by atoms with van der Waals surface area (Å²) < 4.78 is 12.6. The Kier molecular flexibility index (Phi) is 3.65. The number of ketones is 2. The summed E-state index contributed by atoms with van der Waals surface area (Å²) in [6.07, 6.45) is 2.33. The van der Waals surface area contributed by atoms with Crippen molar-refractivity contribution in [1.82, 2.24) is 0 Å². The van der Waals surface area contributed by atoms with Gasteiger partial charge in [-0.05, 0) is 42.5 Å². The van der Waals surface area contributed by atoms with Gasteiger partial charge in [0.25, 0.3) is 0 Å². The van der Waals surface area contributed by atoms with Crippen molar-refractivity contribution in [3.05, 3.63) is 82.0 Å². The fourth-order valence-corrected chi connectivity index (χ4v) is 3.31. The molecule has 0 saturated heterocycles. The molecule has 4 nitrogen and oxygen atoms in total. The molecule has 108 valence electrons. The van der Waals surface area contributed by atoms with Gasteiger partial charge in [0.1, 0.15) is 0 Å². The van der Waals surface area contributed by atoms with Crippen molar-refractivity contribution in [2.75, 3.05) is 0 Å². The van der Waals surface area contributed by atoms with Crippen LogP contribution in [0.25, 0.3) is 0 Å². The van der Waals surface area contributed by atoms with E-state index in [0.717, 1.165) is 6.08 Å². The SMILES string of the molecule is O=C1C=CC(=O)c2cc(S(=O)c3ccccc3)c(=O)ccc21. The Hall–Kier alpha value is -2.66. The second-order valence-electron chi connectivity index (χ2n) is 4.68. The molecule has 22 heavy (non-hydrogen) atoms. The number of benzene rings is 1. The normalized spacial score (nSPS) is 14.5. The molecule has 1 aliphatic rings. The Balaban J connectivity index is 2.23. The number of hydrogen-bond donors (Lipinski definition) is 0. The fraction of sp³-hybridized carbons (Fsp3) is 0. The van der Waals surface area contributed by atoms with E-state index in [4.69, 9.17) is 0 Å². The van der Waals surface area contributed by atoms with Crippen LogP contribution in [0.3, 0.4) is 0 Å². The third kappa shape index (κ3) is 2.46. The number of allylic oxidation sites excluding steroid dienone is 2. The molecule has 0 aromatic heterocycles.